The summed E-state index contributed by atoms with van der Waals surface area (Å²) >= 11 is 0. The van der Waals surface area contributed by atoms with Gasteiger partial charge in [-0.15, -0.1) is 0 Å². The van der Waals surface area contributed by atoms with Gasteiger partial charge in [-0.25, -0.2) is 0 Å². The van der Waals surface area contributed by atoms with Crippen LogP contribution in [0.25, 0.3) is 0 Å². The second-order valence-corrected chi connectivity index (χ2v) is 4.16. The number of amides is 1. The average Bonchev–Trinajstić information content (AvgIpc) is 2.29. The van der Waals surface area contributed by atoms with Crippen molar-refractivity contribution in [3.05, 3.63) is 0 Å². The van der Waals surface area contributed by atoms with E-state index in [1.165, 1.54) is 0 Å². The van der Waals surface area contributed by atoms with Gasteiger partial charge in [0, 0.05) is 13.5 Å². The maximum Gasteiger partial charge on any atom is 0.320 e. The van der Waals surface area contributed by atoms with Crippen LogP contribution in [0.1, 0.15) is 32.1 Å². The zero-order chi connectivity index (χ0) is 12.0. The average molecular weight is 228 g/mol. The number of aliphatic carboxylic acids is 1. The van der Waals surface area contributed by atoms with Crippen molar-refractivity contribution < 1.29 is 14.7 Å². The molecular formula is C11H20N2O3. The van der Waals surface area contributed by atoms with Gasteiger partial charge in [0.05, 0.1) is 0 Å². The van der Waals surface area contributed by atoms with Gasteiger partial charge in [-0.3, -0.25) is 14.5 Å². The number of carbonyl (C=O) groups is 2. The van der Waals surface area contributed by atoms with Crippen LogP contribution in [-0.2, 0) is 9.59 Å². The summed E-state index contributed by atoms with van der Waals surface area (Å²) in [6.07, 6.45) is 3.98. The van der Waals surface area contributed by atoms with E-state index in [1.54, 1.807) is 7.05 Å². The summed E-state index contributed by atoms with van der Waals surface area (Å²) in [4.78, 5) is 24.0. The van der Waals surface area contributed by atoms with Crippen LogP contribution in [0.15, 0.2) is 0 Å². The first-order chi connectivity index (χ1) is 7.65. The molecule has 0 aromatic heterocycles. The van der Waals surface area contributed by atoms with Gasteiger partial charge in [0.1, 0.15) is 6.04 Å². The number of carboxylic acids is 1. The fraction of sp³-hybridized carbons (Fsp3) is 0.818. The van der Waals surface area contributed by atoms with Crippen molar-refractivity contribution in [2.45, 2.75) is 38.1 Å². The Morgan fingerprint density at radius 2 is 2.19 bits per heavy atom. The summed E-state index contributed by atoms with van der Waals surface area (Å²) in [5.41, 5.74) is 0. The Balaban J connectivity index is 2.32. The fourth-order valence-corrected chi connectivity index (χ4v) is 2.11. The largest absolute Gasteiger partial charge is 0.480 e. The maximum atomic E-state index is 11.0. The summed E-state index contributed by atoms with van der Waals surface area (Å²) in [6, 6.07) is -0.349. The molecule has 0 radical (unpaired) electrons. The molecule has 1 rings (SSSR count). The summed E-state index contributed by atoms with van der Waals surface area (Å²) in [5.74, 6) is -0.719. The van der Waals surface area contributed by atoms with E-state index in [-0.39, 0.29) is 11.9 Å². The molecule has 0 spiro atoms. The lowest BCUT2D eigenvalue weighted by Crippen LogP contribution is -2.45. The molecule has 1 aliphatic heterocycles. The topological polar surface area (TPSA) is 69.6 Å². The lowest BCUT2D eigenvalue weighted by Gasteiger charge is -2.32. The van der Waals surface area contributed by atoms with E-state index in [1.807, 2.05) is 4.90 Å². The van der Waals surface area contributed by atoms with E-state index in [0.29, 0.717) is 13.0 Å². The number of nitrogens with one attached hydrogen (secondary N) is 1. The highest BCUT2D eigenvalue weighted by Gasteiger charge is 2.27. The third kappa shape index (κ3) is 3.81. The van der Waals surface area contributed by atoms with Crippen molar-refractivity contribution in [1.82, 2.24) is 10.2 Å². The van der Waals surface area contributed by atoms with E-state index in [0.717, 1.165) is 32.2 Å². The van der Waals surface area contributed by atoms with Crippen LogP contribution in [0.4, 0.5) is 0 Å². The van der Waals surface area contributed by atoms with Crippen molar-refractivity contribution >= 4 is 11.9 Å². The van der Waals surface area contributed by atoms with Crippen molar-refractivity contribution in [2.24, 2.45) is 0 Å². The molecule has 1 heterocycles. The van der Waals surface area contributed by atoms with E-state index in [9.17, 15) is 9.59 Å². The number of piperidine rings is 1. The first-order valence-electron chi connectivity index (χ1n) is 5.82. The molecule has 1 aliphatic rings. The molecule has 0 aliphatic carbocycles. The predicted molar refractivity (Wildman–Crippen MR) is 60.1 cm³/mol. The zero-order valence-corrected chi connectivity index (χ0v) is 9.74. The molecule has 1 atom stereocenters. The fourth-order valence-electron chi connectivity index (χ4n) is 2.11. The van der Waals surface area contributed by atoms with Gasteiger partial charge in [-0.2, -0.15) is 0 Å². The van der Waals surface area contributed by atoms with Crippen LogP contribution in [0, 0.1) is 0 Å². The van der Waals surface area contributed by atoms with E-state index < -0.39 is 5.97 Å². The SMILES string of the molecule is CNC(=O)CCCN1CCCCC1C(=O)O. The van der Waals surface area contributed by atoms with Crippen LogP contribution in [0.3, 0.4) is 0 Å². The summed E-state index contributed by atoms with van der Waals surface area (Å²) in [6.45, 7) is 1.54. The molecule has 1 amide bonds. The molecular weight excluding hydrogens is 208 g/mol. The molecule has 1 fully saturated rings. The Kier molecular flexibility index (Phi) is 5.25. The molecule has 0 aromatic rings. The highest BCUT2D eigenvalue weighted by Crippen LogP contribution is 2.17. The number of carboxylic acid groups (broad SMARTS) is 1. The molecule has 92 valence electrons. The molecule has 5 nitrogen and oxygen atoms in total. The third-order valence-corrected chi connectivity index (χ3v) is 3.03. The van der Waals surface area contributed by atoms with E-state index in [2.05, 4.69) is 5.32 Å². The van der Waals surface area contributed by atoms with Crippen LogP contribution in [0.2, 0.25) is 0 Å². The maximum absolute atomic E-state index is 11.0. The van der Waals surface area contributed by atoms with Gasteiger partial charge in [0.15, 0.2) is 0 Å². The first kappa shape index (κ1) is 13.0. The van der Waals surface area contributed by atoms with Gasteiger partial charge in [-0.1, -0.05) is 6.42 Å². The van der Waals surface area contributed by atoms with Crippen molar-refractivity contribution in [3.63, 3.8) is 0 Å². The van der Waals surface area contributed by atoms with Crippen molar-refractivity contribution in [1.29, 1.82) is 0 Å². The Morgan fingerprint density at radius 1 is 1.44 bits per heavy atom. The van der Waals surface area contributed by atoms with Gasteiger partial charge in [0.2, 0.25) is 5.91 Å². The van der Waals surface area contributed by atoms with Gasteiger partial charge in [0.25, 0.3) is 0 Å². The minimum Gasteiger partial charge on any atom is -0.480 e. The number of rotatable bonds is 5. The zero-order valence-electron chi connectivity index (χ0n) is 9.74. The number of nitrogens with zero attached hydrogens (tertiary/aromatic N) is 1. The Labute approximate surface area is 95.8 Å². The van der Waals surface area contributed by atoms with Gasteiger partial charge >= 0.3 is 5.97 Å². The normalized spacial score (nSPS) is 21.7. The molecule has 1 saturated heterocycles. The number of hydrogen-bond donors (Lipinski definition) is 2. The predicted octanol–water partition coefficient (Wildman–Crippen LogP) is 0.452. The minimum absolute atomic E-state index is 0.0175. The quantitative estimate of drug-likeness (QED) is 0.717. The highest BCUT2D eigenvalue weighted by atomic mass is 16.4. The minimum atomic E-state index is -0.736. The molecule has 5 heteroatoms. The van der Waals surface area contributed by atoms with Crippen LogP contribution >= 0.6 is 0 Å². The van der Waals surface area contributed by atoms with E-state index >= 15 is 0 Å². The second kappa shape index (κ2) is 6.48. The summed E-state index contributed by atoms with van der Waals surface area (Å²) in [7, 11) is 1.61. The van der Waals surface area contributed by atoms with E-state index in [4.69, 9.17) is 5.11 Å². The van der Waals surface area contributed by atoms with Gasteiger partial charge in [-0.05, 0) is 32.4 Å². The molecule has 0 aromatic carbocycles. The summed E-state index contributed by atoms with van der Waals surface area (Å²) < 4.78 is 0. The number of carbonyl (C=O) groups excluding carboxylic acids is 1. The lowest BCUT2D eigenvalue weighted by atomic mass is 10.0. The van der Waals surface area contributed by atoms with Crippen molar-refractivity contribution in [2.75, 3.05) is 20.1 Å². The van der Waals surface area contributed by atoms with Gasteiger partial charge < -0.3 is 10.4 Å². The Bertz CT molecular complexity index is 256. The lowest BCUT2D eigenvalue weighted by molar-refractivity contribution is -0.144. The Morgan fingerprint density at radius 3 is 2.81 bits per heavy atom. The summed E-state index contributed by atoms with van der Waals surface area (Å²) in [5, 5.41) is 11.6. The second-order valence-electron chi connectivity index (χ2n) is 4.16. The molecule has 0 bridgehead atoms. The monoisotopic (exact) mass is 228 g/mol. The first-order valence-corrected chi connectivity index (χ1v) is 5.82. The van der Waals surface area contributed by atoms with Crippen LogP contribution in [-0.4, -0.2) is 48.1 Å². The standard InChI is InChI=1S/C11H20N2O3/c1-12-10(14)6-4-8-13-7-3-2-5-9(13)11(15)16/h9H,2-8H2,1H3,(H,12,14)(H,15,16). The number of hydrogen-bond acceptors (Lipinski definition) is 3. The molecule has 1 unspecified atom stereocenters. The molecule has 16 heavy (non-hydrogen) atoms. The van der Waals surface area contributed by atoms with Crippen LogP contribution < -0.4 is 5.32 Å². The molecule has 2 N–H and O–H groups in total. The highest BCUT2D eigenvalue weighted by molar-refractivity contribution is 5.75. The molecule has 0 saturated carbocycles. The van der Waals surface area contributed by atoms with Crippen molar-refractivity contribution in [3.8, 4) is 0 Å². The Hall–Kier alpha value is -1.10. The third-order valence-electron chi connectivity index (χ3n) is 3.03. The van der Waals surface area contributed by atoms with Crippen LogP contribution in [0.5, 0.6) is 0 Å². The smallest absolute Gasteiger partial charge is 0.320 e. The number of likely N-dealkylation sites (tertiary alicyclic amines) is 1.